The summed E-state index contributed by atoms with van der Waals surface area (Å²) in [4.78, 5) is 41.3. The van der Waals surface area contributed by atoms with E-state index in [1.54, 1.807) is 28.6 Å². The molecule has 2 rings (SSSR count). The molecule has 0 radical (unpaired) electrons. The number of carbonyl (C=O) groups is 3. The van der Waals surface area contributed by atoms with Crippen LogP contribution in [0.25, 0.3) is 0 Å². The summed E-state index contributed by atoms with van der Waals surface area (Å²) in [5, 5.41) is 0. The van der Waals surface area contributed by atoms with Crippen molar-refractivity contribution in [1.29, 1.82) is 0 Å². The first-order chi connectivity index (χ1) is 13.1. The van der Waals surface area contributed by atoms with Gasteiger partial charge >= 0.3 is 5.97 Å². The smallest absolute Gasteiger partial charge is 0.306 e. The summed E-state index contributed by atoms with van der Waals surface area (Å²) in [6.07, 6.45) is 3.03. The molecular weight excluding hydrogens is 376 g/mol. The van der Waals surface area contributed by atoms with Crippen LogP contribution < -0.4 is 4.90 Å². The molecule has 154 valence electrons. The number of rotatable bonds is 7. The van der Waals surface area contributed by atoms with E-state index in [2.05, 4.69) is 0 Å². The lowest BCUT2D eigenvalue weighted by atomic mass is 10.1. The van der Waals surface area contributed by atoms with Gasteiger partial charge < -0.3 is 14.5 Å². The van der Waals surface area contributed by atoms with Crippen molar-refractivity contribution >= 4 is 35.2 Å². The van der Waals surface area contributed by atoms with Gasteiger partial charge in [0.05, 0.1) is 5.92 Å². The normalized spacial score (nSPS) is 17.0. The Morgan fingerprint density at radius 1 is 1.25 bits per heavy atom. The van der Waals surface area contributed by atoms with Gasteiger partial charge in [0, 0.05) is 43.6 Å². The van der Waals surface area contributed by atoms with Gasteiger partial charge in [-0.1, -0.05) is 0 Å². The van der Waals surface area contributed by atoms with Crippen molar-refractivity contribution < 1.29 is 19.1 Å². The van der Waals surface area contributed by atoms with Crippen LogP contribution in [0, 0.1) is 5.92 Å². The lowest BCUT2D eigenvalue weighted by molar-refractivity contribution is -0.155. The molecular formula is C21H30N2O4S. The molecule has 28 heavy (non-hydrogen) atoms. The highest BCUT2D eigenvalue weighted by molar-refractivity contribution is 7.98. The van der Waals surface area contributed by atoms with Crippen LogP contribution >= 0.6 is 11.8 Å². The van der Waals surface area contributed by atoms with Crippen molar-refractivity contribution in [2.24, 2.45) is 5.92 Å². The number of ether oxygens (including phenoxy) is 1. The molecule has 1 atom stereocenters. The first kappa shape index (κ1) is 22.3. The Kier molecular flexibility index (Phi) is 7.52. The SMILES string of the molecule is CSc1ccc(N2CC(C(=O)N(C)CCCC(=O)OC(C)(C)C)CC2=O)cc1. The zero-order valence-corrected chi connectivity index (χ0v) is 18.2. The molecule has 1 heterocycles. The molecule has 1 aromatic carbocycles. The Morgan fingerprint density at radius 2 is 1.89 bits per heavy atom. The van der Waals surface area contributed by atoms with Crippen molar-refractivity contribution in [3.63, 3.8) is 0 Å². The second-order valence-corrected chi connectivity index (χ2v) is 8.93. The van der Waals surface area contributed by atoms with Gasteiger partial charge in [0.25, 0.3) is 0 Å². The average Bonchev–Trinajstić information content (AvgIpc) is 3.01. The standard InChI is InChI=1S/C21H30N2O4S/c1-21(2,3)27-19(25)7-6-12-22(4)20(26)15-13-18(24)23(14-15)16-8-10-17(28-5)11-9-16/h8-11,15H,6-7,12-14H2,1-5H3. The molecule has 6 nitrogen and oxygen atoms in total. The van der Waals surface area contributed by atoms with Gasteiger partial charge in [-0.25, -0.2) is 0 Å². The summed E-state index contributed by atoms with van der Waals surface area (Å²) in [5.74, 6) is -0.693. The van der Waals surface area contributed by atoms with Gasteiger partial charge in [-0.15, -0.1) is 11.8 Å². The Labute approximate surface area is 171 Å². The van der Waals surface area contributed by atoms with Crippen LogP contribution in [0.3, 0.4) is 0 Å². The Hall–Kier alpha value is -2.02. The quantitative estimate of drug-likeness (QED) is 0.513. The molecule has 1 fully saturated rings. The van der Waals surface area contributed by atoms with E-state index >= 15 is 0 Å². The maximum Gasteiger partial charge on any atom is 0.306 e. The third-order valence-electron chi connectivity index (χ3n) is 4.53. The molecule has 0 spiro atoms. The number of hydrogen-bond donors (Lipinski definition) is 0. The third-order valence-corrected chi connectivity index (χ3v) is 5.27. The molecule has 0 aliphatic carbocycles. The Morgan fingerprint density at radius 3 is 2.46 bits per heavy atom. The maximum absolute atomic E-state index is 12.7. The molecule has 0 bridgehead atoms. The zero-order valence-electron chi connectivity index (χ0n) is 17.4. The largest absolute Gasteiger partial charge is 0.460 e. The predicted octanol–water partition coefficient (Wildman–Crippen LogP) is 3.34. The molecule has 0 N–H and O–H groups in total. The minimum Gasteiger partial charge on any atom is -0.460 e. The maximum atomic E-state index is 12.7. The number of anilines is 1. The summed E-state index contributed by atoms with van der Waals surface area (Å²) >= 11 is 1.65. The molecule has 1 aliphatic heterocycles. The summed E-state index contributed by atoms with van der Waals surface area (Å²) in [5.41, 5.74) is 0.325. The highest BCUT2D eigenvalue weighted by Gasteiger charge is 2.36. The zero-order chi connectivity index (χ0) is 20.9. The molecule has 2 amide bonds. The van der Waals surface area contributed by atoms with Crippen LogP contribution in [-0.2, 0) is 19.1 Å². The summed E-state index contributed by atoms with van der Waals surface area (Å²) in [6, 6.07) is 7.79. The van der Waals surface area contributed by atoms with Crippen LogP contribution in [0.15, 0.2) is 29.2 Å². The summed E-state index contributed by atoms with van der Waals surface area (Å²) < 4.78 is 5.28. The molecule has 1 unspecified atom stereocenters. The highest BCUT2D eigenvalue weighted by Crippen LogP contribution is 2.28. The van der Waals surface area contributed by atoms with E-state index in [4.69, 9.17) is 4.74 Å². The van der Waals surface area contributed by atoms with E-state index in [0.717, 1.165) is 10.6 Å². The lowest BCUT2D eigenvalue weighted by Crippen LogP contribution is -2.35. The van der Waals surface area contributed by atoms with Crippen molar-refractivity contribution in [2.45, 2.75) is 50.5 Å². The minimum absolute atomic E-state index is 0.0302. The Bertz CT molecular complexity index is 712. The fraction of sp³-hybridized carbons (Fsp3) is 0.571. The van der Waals surface area contributed by atoms with Gasteiger partial charge in [0.2, 0.25) is 11.8 Å². The summed E-state index contributed by atoms with van der Waals surface area (Å²) in [7, 11) is 1.72. The minimum atomic E-state index is -0.500. The van der Waals surface area contributed by atoms with Crippen molar-refractivity contribution in [3.8, 4) is 0 Å². The van der Waals surface area contributed by atoms with E-state index < -0.39 is 5.60 Å². The second-order valence-electron chi connectivity index (χ2n) is 8.05. The second kappa shape index (κ2) is 9.45. The fourth-order valence-corrected chi connectivity index (χ4v) is 3.57. The molecule has 1 saturated heterocycles. The predicted molar refractivity (Wildman–Crippen MR) is 111 cm³/mol. The number of amides is 2. The highest BCUT2D eigenvalue weighted by atomic mass is 32.2. The number of thioether (sulfide) groups is 1. The van der Waals surface area contributed by atoms with Gasteiger partial charge in [-0.2, -0.15) is 0 Å². The van der Waals surface area contributed by atoms with E-state index in [1.165, 1.54) is 0 Å². The van der Waals surface area contributed by atoms with E-state index in [9.17, 15) is 14.4 Å². The monoisotopic (exact) mass is 406 g/mol. The van der Waals surface area contributed by atoms with Crippen molar-refractivity contribution in [3.05, 3.63) is 24.3 Å². The van der Waals surface area contributed by atoms with Gasteiger partial charge in [-0.3, -0.25) is 14.4 Å². The lowest BCUT2D eigenvalue weighted by Gasteiger charge is -2.22. The van der Waals surface area contributed by atoms with Crippen LogP contribution in [0.5, 0.6) is 0 Å². The van der Waals surface area contributed by atoms with Gasteiger partial charge in [-0.05, 0) is 57.7 Å². The number of esters is 1. The molecule has 1 aliphatic rings. The van der Waals surface area contributed by atoms with Crippen LogP contribution in [0.2, 0.25) is 0 Å². The van der Waals surface area contributed by atoms with Crippen LogP contribution in [0.1, 0.15) is 40.0 Å². The van der Waals surface area contributed by atoms with E-state index in [-0.39, 0.29) is 36.5 Å². The number of nitrogens with zero attached hydrogens (tertiary/aromatic N) is 2. The van der Waals surface area contributed by atoms with Crippen LogP contribution in [-0.4, -0.2) is 54.7 Å². The molecule has 0 saturated carbocycles. The fourth-order valence-electron chi connectivity index (χ4n) is 3.16. The van der Waals surface area contributed by atoms with E-state index in [0.29, 0.717) is 19.5 Å². The van der Waals surface area contributed by atoms with Crippen molar-refractivity contribution in [1.82, 2.24) is 4.90 Å². The van der Waals surface area contributed by atoms with Crippen LogP contribution in [0.4, 0.5) is 5.69 Å². The molecule has 0 aromatic heterocycles. The van der Waals surface area contributed by atoms with Gasteiger partial charge in [0.1, 0.15) is 5.60 Å². The first-order valence-corrected chi connectivity index (χ1v) is 10.7. The molecule has 1 aromatic rings. The first-order valence-electron chi connectivity index (χ1n) is 9.52. The molecule has 7 heteroatoms. The van der Waals surface area contributed by atoms with Crippen molar-refractivity contribution in [2.75, 3.05) is 31.3 Å². The number of benzene rings is 1. The topological polar surface area (TPSA) is 66.9 Å². The number of hydrogen-bond acceptors (Lipinski definition) is 5. The Balaban J connectivity index is 1.85. The summed E-state index contributed by atoms with van der Waals surface area (Å²) in [6.45, 7) is 6.35. The van der Waals surface area contributed by atoms with Gasteiger partial charge in [0.15, 0.2) is 0 Å². The van der Waals surface area contributed by atoms with E-state index in [1.807, 2.05) is 51.3 Å². The number of carbonyl (C=O) groups excluding carboxylic acids is 3. The third kappa shape index (κ3) is 6.26. The average molecular weight is 407 g/mol.